The molecule has 7 heteroatoms. The predicted molar refractivity (Wildman–Crippen MR) is 233 cm³/mol. The van der Waals surface area contributed by atoms with Crippen LogP contribution in [-0.2, 0) is 26.0 Å². The molecule has 0 amide bonds. The van der Waals surface area contributed by atoms with Gasteiger partial charge in [0.15, 0.2) is 0 Å². The molecule has 5 nitrogen and oxygen atoms in total. The second-order valence-corrected chi connectivity index (χ2v) is 24.4. The normalized spacial score (nSPS) is 41.8. The Morgan fingerprint density at radius 3 is 2.28 bits per heavy atom. The van der Waals surface area contributed by atoms with E-state index in [1.54, 1.807) is 0 Å². The molecule has 1 aromatic rings. The fraction of sp³-hybridized carbons (Fsp3) is 0.745. The van der Waals surface area contributed by atoms with Crippen molar-refractivity contribution in [3.05, 3.63) is 71.3 Å². The molecule has 0 bridgehead atoms. The predicted octanol–water partition coefficient (Wildman–Crippen LogP) is 11.5. The molecule has 4 saturated carbocycles. The monoisotopic (exact) mass is 816 g/mol. The van der Waals surface area contributed by atoms with Crippen LogP contribution in [0.1, 0.15) is 143 Å². The third-order valence-corrected chi connectivity index (χ3v) is 20.9. The SMILES string of the molecule is C=C(C)[C@@H]1CC[C@]2(NCCC3CCS(=O)(=O)CC3)CC[C@]3(C)[C@H](CC[C@@H]4[C@@]5(C)CC=C(C6=CC[C@](CF)(C(=O)OCc7ccccc7)CC6)C(C)(C)[C@@H]5CC[C@]43C)[C@@H]12. The summed E-state index contributed by atoms with van der Waals surface area (Å²) in [4.78, 5) is 13.4. The number of rotatable bonds is 10. The van der Waals surface area contributed by atoms with Gasteiger partial charge >= 0.3 is 5.97 Å². The number of alkyl halides is 1. The molecule has 0 spiro atoms. The van der Waals surface area contributed by atoms with Crippen molar-refractivity contribution in [1.82, 2.24) is 5.32 Å². The molecule has 5 fully saturated rings. The number of benzene rings is 1. The lowest BCUT2D eigenvalue weighted by molar-refractivity contribution is -0.221. The topological polar surface area (TPSA) is 72.5 Å². The summed E-state index contributed by atoms with van der Waals surface area (Å²) >= 11 is 0. The molecule has 7 aliphatic rings. The van der Waals surface area contributed by atoms with Gasteiger partial charge in [0.25, 0.3) is 0 Å². The molecule has 58 heavy (non-hydrogen) atoms. The van der Waals surface area contributed by atoms with Gasteiger partial charge in [0.1, 0.15) is 23.1 Å². The Morgan fingerprint density at radius 1 is 0.862 bits per heavy atom. The highest BCUT2D eigenvalue weighted by molar-refractivity contribution is 7.91. The lowest BCUT2D eigenvalue weighted by Gasteiger charge is -2.72. The van der Waals surface area contributed by atoms with E-state index in [1.165, 1.54) is 68.1 Å². The summed E-state index contributed by atoms with van der Waals surface area (Å²) < 4.78 is 44.7. The summed E-state index contributed by atoms with van der Waals surface area (Å²) in [6, 6.07) is 9.68. The number of hydrogen-bond acceptors (Lipinski definition) is 5. The number of allylic oxidation sites excluding steroid dienone is 5. The van der Waals surface area contributed by atoms with E-state index in [-0.39, 0.29) is 33.8 Å². The third kappa shape index (κ3) is 6.85. The van der Waals surface area contributed by atoms with Gasteiger partial charge in [0, 0.05) is 5.54 Å². The molecule has 8 rings (SSSR count). The van der Waals surface area contributed by atoms with Gasteiger partial charge in [-0.05, 0) is 184 Å². The highest BCUT2D eigenvalue weighted by Gasteiger charge is 2.70. The number of ether oxygens (including phenoxy) is 1. The highest BCUT2D eigenvalue weighted by atomic mass is 32.2. The number of halogens is 1. The summed E-state index contributed by atoms with van der Waals surface area (Å²) in [6.45, 7) is 20.5. The Hall–Kier alpha value is -2.25. The van der Waals surface area contributed by atoms with E-state index in [2.05, 4.69) is 65.6 Å². The minimum absolute atomic E-state index is 0.00783. The van der Waals surface area contributed by atoms with E-state index in [4.69, 9.17) is 4.74 Å². The molecule has 1 saturated heterocycles. The van der Waals surface area contributed by atoms with Crippen LogP contribution in [-0.4, -0.2) is 44.7 Å². The fourth-order valence-corrected chi connectivity index (χ4v) is 17.3. The van der Waals surface area contributed by atoms with Crippen LogP contribution in [0.4, 0.5) is 4.39 Å². The van der Waals surface area contributed by atoms with Crippen molar-refractivity contribution in [2.75, 3.05) is 24.7 Å². The summed E-state index contributed by atoms with van der Waals surface area (Å²) in [5.41, 5.74) is 4.86. The van der Waals surface area contributed by atoms with E-state index in [1.807, 2.05) is 30.3 Å². The Kier molecular flexibility index (Phi) is 11.2. The maximum Gasteiger partial charge on any atom is 0.315 e. The lowest BCUT2D eigenvalue weighted by atomic mass is 9.33. The van der Waals surface area contributed by atoms with Gasteiger partial charge in [0.05, 0.1) is 16.9 Å². The summed E-state index contributed by atoms with van der Waals surface area (Å²) in [6.07, 6.45) is 20.3. The van der Waals surface area contributed by atoms with Crippen LogP contribution >= 0.6 is 0 Å². The smallest absolute Gasteiger partial charge is 0.315 e. The van der Waals surface area contributed by atoms with Crippen LogP contribution in [0, 0.1) is 62.6 Å². The van der Waals surface area contributed by atoms with Crippen molar-refractivity contribution in [3.63, 3.8) is 0 Å². The summed E-state index contributed by atoms with van der Waals surface area (Å²) in [7, 11) is -2.83. The van der Waals surface area contributed by atoms with Gasteiger partial charge in [-0.3, -0.25) is 4.79 Å². The summed E-state index contributed by atoms with van der Waals surface area (Å²) in [5, 5.41) is 4.26. The second kappa shape index (κ2) is 15.3. The van der Waals surface area contributed by atoms with E-state index < -0.39 is 27.9 Å². The largest absolute Gasteiger partial charge is 0.460 e. The fourth-order valence-electron chi connectivity index (χ4n) is 15.7. The maximum atomic E-state index is 14.8. The lowest BCUT2D eigenvalue weighted by Crippen LogP contribution is -2.68. The quantitative estimate of drug-likeness (QED) is 0.188. The Bertz CT molecular complexity index is 1910. The van der Waals surface area contributed by atoms with Crippen molar-refractivity contribution in [2.24, 2.45) is 62.6 Å². The molecule has 0 radical (unpaired) electrons. The van der Waals surface area contributed by atoms with Gasteiger partial charge in [0.2, 0.25) is 0 Å². The number of fused-ring (bicyclic) bond motifs is 7. The summed E-state index contributed by atoms with van der Waals surface area (Å²) in [5.74, 6) is 3.91. The van der Waals surface area contributed by atoms with E-state index in [9.17, 15) is 17.6 Å². The molecule has 0 unspecified atom stereocenters. The van der Waals surface area contributed by atoms with Crippen LogP contribution in [0.25, 0.3) is 0 Å². The van der Waals surface area contributed by atoms with E-state index in [0.29, 0.717) is 66.3 Å². The minimum atomic E-state index is -2.83. The Labute approximate surface area is 350 Å². The number of sulfone groups is 1. The van der Waals surface area contributed by atoms with E-state index >= 15 is 0 Å². The molecule has 1 N–H and O–H groups in total. The van der Waals surface area contributed by atoms with Crippen molar-refractivity contribution in [2.45, 2.75) is 150 Å². The zero-order valence-corrected chi connectivity index (χ0v) is 37.6. The van der Waals surface area contributed by atoms with Crippen LogP contribution in [0.3, 0.4) is 0 Å². The molecule has 1 aromatic carbocycles. The molecular weight excluding hydrogens is 742 g/mol. The number of carbonyl (C=O) groups is 1. The van der Waals surface area contributed by atoms with Gasteiger partial charge in [-0.2, -0.15) is 0 Å². The van der Waals surface area contributed by atoms with Gasteiger partial charge in [-0.1, -0.05) is 89.3 Å². The molecule has 320 valence electrons. The first-order valence-corrected chi connectivity index (χ1v) is 25.0. The second-order valence-electron chi connectivity index (χ2n) is 22.1. The first-order valence-electron chi connectivity index (χ1n) is 23.2. The number of hydrogen-bond donors (Lipinski definition) is 1. The molecular formula is C51H74FNO4S. The zero-order valence-electron chi connectivity index (χ0n) is 36.8. The maximum absolute atomic E-state index is 14.8. The number of esters is 1. The van der Waals surface area contributed by atoms with Crippen molar-refractivity contribution >= 4 is 15.8 Å². The molecule has 1 heterocycles. The molecule has 1 aliphatic heterocycles. The van der Waals surface area contributed by atoms with Crippen molar-refractivity contribution < 1.29 is 22.3 Å². The minimum Gasteiger partial charge on any atom is -0.460 e. The zero-order chi connectivity index (χ0) is 41.4. The van der Waals surface area contributed by atoms with E-state index in [0.717, 1.165) is 37.8 Å². The number of carbonyl (C=O) groups excluding carboxylic acids is 1. The van der Waals surface area contributed by atoms with Gasteiger partial charge in [-0.15, -0.1) is 0 Å². The van der Waals surface area contributed by atoms with Crippen molar-refractivity contribution in [3.8, 4) is 0 Å². The average molecular weight is 816 g/mol. The molecule has 0 aromatic heterocycles. The molecule has 10 atom stereocenters. The van der Waals surface area contributed by atoms with Gasteiger partial charge < -0.3 is 10.1 Å². The van der Waals surface area contributed by atoms with Gasteiger partial charge in [-0.25, -0.2) is 12.8 Å². The molecule has 6 aliphatic carbocycles. The Balaban J connectivity index is 0.996. The van der Waals surface area contributed by atoms with Crippen LogP contribution in [0.5, 0.6) is 0 Å². The highest BCUT2D eigenvalue weighted by Crippen LogP contribution is 2.76. The van der Waals surface area contributed by atoms with Crippen molar-refractivity contribution in [1.29, 1.82) is 0 Å². The van der Waals surface area contributed by atoms with Crippen LogP contribution in [0.15, 0.2) is 65.8 Å². The average Bonchev–Trinajstić information content (AvgIpc) is 3.58. The first kappa shape index (κ1) is 42.4. The number of nitrogens with one attached hydrogen (secondary N) is 1. The van der Waals surface area contributed by atoms with Crippen LogP contribution < -0.4 is 5.32 Å². The standard InChI is InChI=1S/C51H74FNO4S/c1-35(2)39-17-27-51(53-30-20-36-21-31-58(55,56)32-22-36)29-28-48(6)41(44(39)51)13-14-43-47(5)23-18-40(46(3,4)42(47)19-24-49(43,48)7)38-15-25-50(34-52,26-16-38)45(54)57-33-37-11-9-8-10-12-37/h8-12,15,18,36,39,41-44,53H,1,13-14,16-17,19-34H2,2-7H3/t39-,41+,42-,43+,44+,47-,48+,49+,50-,51-/m0/s1. The third-order valence-electron chi connectivity index (χ3n) is 19.2. The van der Waals surface area contributed by atoms with Crippen LogP contribution in [0.2, 0.25) is 0 Å². The first-order chi connectivity index (χ1) is 27.4. The Morgan fingerprint density at radius 2 is 1.60 bits per heavy atom.